The van der Waals surface area contributed by atoms with Gasteiger partial charge in [-0.1, -0.05) is 12.2 Å². The van der Waals surface area contributed by atoms with Gasteiger partial charge in [0.05, 0.1) is 0 Å². The lowest BCUT2D eigenvalue weighted by molar-refractivity contribution is 1.41. The quantitative estimate of drug-likeness (QED) is 0.387. The smallest absolute Gasteiger partial charge is 0.0277 e. The molecule has 0 unspecified atom stereocenters. The Morgan fingerprint density at radius 2 is 2.38 bits per heavy atom. The van der Waals surface area contributed by atoms with Crippen molar-refractivity contribution >= 4 is 6.21 Å². The summed E-state index contributed by atoms with van der Waals surface area (Å²) in [6, 6.07) is 0. The maximum absolute atomic E-state index is 3.76. The number of aliphatic imine (C=N–C) groups is 1. The lowest BCUT2D eigenvalue weighted by atomic mass is 10.4. The molecule has 0 radical (unpaired) electrons. The number of hydrogen-bond donors (Lipinski definition) is 0. The summed E-state index contributed by atoms with van der Waals surface area (Å²) in [4.78, 5) is 3.76. The van der Waals surface area contributed by atoms with Crippen LogP contribution in [0.15, 0.2) is 29.8 Å². The molecule has 0 rings (SSSR count). The highest BCUT2D eigenvalue weighted by Gasteiger charge is 1.62. The number of rotatable bonds is 3. The SMILES string of the molecule is C=CC/C=C\C=N/C. The van der Waals surface area contributed by atoms with Crippen molar-refractivity contribution in [2.24, 2.45) is 4.99 Å². The van der Waals surface area contributed by atoms with Gasteiger partial charge in [-0.3, -0.25) is 4.99 Å². The summed E-state index contributed by atoms with van der Waals surface area (Å²) >= 11 is 0. The van der Waals surface area contributed by atoms with E-state index in [-0.39, 0.29) is 0 Å². The Kier molecular flexibility index (Phi) is 5.50. The molecule has 0 aromatic carbocycles. The molecule has 0 saturated heterocycles. The highest BCUT2D eigenvalue weighted by molar-refractivity contribution is 5.70. The van der Waals surface area contributed by atoms with Gasteiger partial charge in [0.1, 0.15) is 0 Å². The van der Waals surface area contributed by atoms with Gasteiger partial charge in [0.2, 0.25) is 0 Å². The van der Waals surface area contributed by atoms with E-state index in [1.165, 1.54) is 0 Å². The largest absolute Gasteiger partial charge is 0.297 e. The molecular weight excluding hydrogens is 98.1 g/mol. The van der Waals surface area contributed by atoms with Crippen molar-refractivity contribution in [2.75, 3.05) is 7.05 Å². The molecule has 1 heteroatoms. The molecule has 0 amide bonds. The summed E-state index contributed by atoms with van der Waals surface area (Å²) < 4.78 is 0. The summed E-state index contributed by atoms with van der Waals surface area (Å²) in [7, 11) is 1.75. The van der Waals surface area contributed by atoms with Gasteiger partial charge >= 0.3 is 0 Å². The van der Waals surface area contributed by atoms with Crippen LogP contribution >= 0.6 is 0 Å². The van der Waals surface area contributed by atoms with Gasteiger partial charge < -0.3 is 0 Å². The predicted octanol–water partition coefficient (Wildman–Crippen LogP) is 1.82. The van der Waals surface area contributed by atoms with Gasteiger partial charge in [-0.25, -0.2) is 0 Å². The van der Waals surface area contributed by atoms with Crippen molar-refractivity contribution in [3.05, 3.63) is 24.8 Å². The average Bonchev–Trinajstić information content (AvgIpc) is 1.81. The van der Waals surface area contributed by atoms with E-state index in [2.05, 4.69) is 11.6 Å². The van der Waals surface area contributed by atoms with Crippen molar-refractivity contribution < 1.29 is 0 Å². The number of allylic oxidation sites excluding steroid dienone is 3. The Morgan fingerprint density at radius 1 is 1.62 bits per heavy atom. The van der Waals surface area contributed by atoms with Crippen molar-refractivity contribution in [2.45, 2.75) is 6.42 Å². The van der Waals surface area contributed by atoms with Crippen molar-refractivity contribution in [3.63, 3.8) is 0 Å². The van der Waals surface area contributed by atoms with Crippen LogP contribution in [-0.4, -0.2) is 13.3 Å². The Morgan fingerprint density at radius 3 is 2.88 bits per heavy atom. The summed E-state index contributed by atoms with van der Waals surface area (Å²) in [6.07, 6.45) is 8.43. The second kappa shape index (κ2) is 6.15. The van der Waals surface area contributed by atoms with Crippen LogP contribution in [-0.2, 0) is 0 Å². The minimum Gasteiger partial charge on any atom is -0.297 e. The van der Waals surface area contributed by atoms with E-state index in [9.17, 15) is 0 Å². The first-order chi connectivity index (χ1) is 3.91. The maximum atomic E-state index is 3.76. The molecule has 8 heavy (non-hydrogen) atoms. The van der Waals surface area contributed by atoms with Gasteiger partial charge in [0, 0.05) is 13.3 Å². The van der Waals surface area contributed by atoms with Gasteiger partial charge in [-0.2, -0.15) is 0 Å². The zero-order valence-electron chi connectivity index (χ0n) is 5.17. The highest BCUT2D eigenvalue weighted by Crippen LogP contribution is 1.79. The van der Waals surface area contributed by atoms with Crippen LogP contribution in [0.5, 0.6) is 0 Å². The van der Waals surface area contributed by atoms with Crippen molar-refractivity contribution in [1.82, 2.24) is 0 Å². The summed E-state index contributed by atoms with van der Waals surface area (Å²) in [5.41, 5.74) is 0. The Bertz CT molecular complexity index is 101. The van der Waals surface area contributed by atoms with Gasteiger partial charge in [-0.15, -0.1) is 6.58 Å². The molecule has 0 heterocycles. The highest BCUT2D eigenvalue weighted by atomic mass is 14.6. The molecule has 0 fully saturated rings. The Hall–Kier alpha value is -0.850. The van der Waals surface area contributed by atoms with Crippen molar-refractivity contribution in [3.8, 4) is 0 Å². The van der Waals surface area contributed by atoms with Gasteiger partial charge in [-0.05, 0) is 12.5 Å². The fourth-order valence-corrected chi connectivity index (χ4v) is 0.322. The topological polar surface area (TPSA) is 12.4 Å². The Balaban J connectivity index is 3.19. The van der Waals surface area contributed by atoms with Crippen LogP contribution in [0.4, 0.5) is 0 Å². The fraction of sp³-hybridized carbons (Fsp3) is 0.286. The molecule has 0 aliphatic carbocycles. The van der Waals surface area contributed by atoms with Crippen LogP contribution < -0.4 is 0 Å². The van der Waals surface area contributed by atoms with E-state index in [4.69, 9.17) is 0 Å². The fourth-order valence-electron chi connectivity index (χ4n) is 0.322. The first-order valence-electron chi connectivity index (χ1n) is 2.60. The normalized spacial score (nSPS) is 11.1. The molecule has 0 aromatic heterocycles. The molecule has 0 saturated carbocycles. The molecule has 0 bridgehead atoms. The summed E-state index contributed by atoms with van der Waals surface area (Å²) in [6.45, 7) is 3.56. The zero-order valence-corrected chi connectivity index (χ0v) is 5.17. The van der Waals surface area contributed by atoms with Crippen LogP contribution in [0.25, 0.3) is 0 Å². The van der Waals surface area contributed by atoms with E-state index in [1.807, 2.05) is 18.2 Å². The lowest BCUT2D eigenvalue weighted by Gasteiger charge is -1.73. The number of hydrogen-bond acceptors (Lipinski definition) is 1. The molecule has 0 N–H and O–H groups in total. The maximum Gasteiger partial charge on any atom is 0.0277 e. The molecule has 0 aliphatic heterocycles. The molecule has 44 valence electrons. The zero-order chi connectivity index (χ0) is 6.24. The van der Waals surface area contributed by atoms with Crippen LogP contribution in [0, 0.1) is 0 Å². The van der Waals surface area contributed by atoms with E-state index < -0.39 is 0 Å². The number of nitrogens with zero attached hydrogens (tertiary/aromatic N) is 1. The molecule has 1 nitrogen and oxygen atoms in total. The molecule has 0 atom stereocenters. The van der Waals surface area contributed by atoms with Crippen LogP contribution in [0.2, 0.25) is 0 Å². The molecule has 0 aromatic rings. The lowest BCUT2D eigenvalue weighted by Crippen LogP contribution is -1.61. The van der Waals surface area contributed by atoms with E-state index >= 15 is 0 Å². The van der Waals surface area contributed by atoms with E-state index in [0.717, 1.165) is 6.42 Å². The molecule has 0 spiro atoms. The first-order valence-corrected chi connectivity index (χ1v) is 2.60. The molecule has 0 aliphatic rings. The second-order valence-corrected chi connectivity index (χ2v) is 1.36. The monoisotopic (exact) mass is 109 g/mol. The Labute approximate surface area is 50.4 Å². The third kappa shape index (κ3) is 5.15. The van der Waals surface area contributed by atoms with Crippen LogP contribution in [0.3, 0.4) is 0 Å². The minimum atomic E-state index is 0.923. The van der Waals surface area contributed by atoms with Gasteiger partial charge in [0.15, 0.2) is 0 Å². The van der Waals surface area contributed by atoms with Crippen molar-refractivity contribution in [1.29, 1.82) is 0 Å². The first kappa shape index (κ1) is 7.15. The van der Waals surface area contributed by atoms with E-state index in [1.54, 1.807) is 13.3 Å². The standard InChI is InChI=1S/C7H11N/c1-3-4-5-6-7-8-2/h3,5-7H,1,4H2,2H3/b6-5-,8-7-. The van der Waals surface area contributed by atoms with Gasteiger partial charge in [0.25, 0.3) is 0 Å². The van der Waals surface area contributed by atoms with Crippen LogP contribution in [0.1, 0.15) is 6.42 Å². The average molecular weight is 109 g/mol. The third-order valence-electron chi connectivity index (χ3n) is 0.674. The molecular formula is C7H11N. The summed E-state index contributed by atoms with van der Waals surface area (Å²) in [5.74, 6) is 0. The minimum absolute atomic E-state index is 0.923. The third-order valence-corrected chi connectivity index (χ3v) is 0.674. The summed E-state index contributed by atoms with van der Waals surface area (Å²) in [5, 5.41) is 0. The second-order valence-electron chi connectivity index (χ2n) is 1.36. The van der Waals surface area contributed by atoms with E-state index in [0.29, 0.717) is 0 Å². The predicted molar refractivity (Wildman–Crippen MR) is 38.4 cm³/mol.